The second-order valence-corrected chi connectivity index (χ2v) is 9.88. The normalized spacial score (nSPS) is 16.2. The third kappa shape index (κ3) is 4.20. The van der Waals surface area contributed by atoms with Crippen LogP contribution in [0.3, 0.4) is 0 Å². The number of amides is 1. The van der Waals surface area contributed by atoms with Crippen LogP contribution < -0.4 is 10.0 Å². The molecule has 1 amide bonds. The molecular formula is C25H17Cl2FN8O4. The predicted octanol–water partition coefficient (Wildman–Crippen LogP) is 4.07. The minimum Gasteiger partial charge on any atom is -0.618 e. The van der Waals surface area contributed by atoms with E-state index in [1.54, 1.807) is 12.1 Å². The maximum Gasteiger partial charge on any atom is 0.409 e. The minimum atomic E-state index is -1.77. The summed E-state index contributed by atoms with van der Waals surface area (Å²) in [6.07, 6.45) is 3.12. The van der Waals surface area contributed by atoms with Crippen molar-refractivity contribution in [2.75, 3.05) is 5.32 Å². The number of pyridine rings is 1. The van der Waals surface area contributed by atoms with Crippen molar-refractivity contribution in [3.63, 3.8) is 0 Å². The van der Waals surface area contributed by atoms with Crippen LogP contribution in [0.5, 0.6) is 0 Å². The zero-order valence-corrected chi connectivity index (χ0v) is 21.7. The number of tetrazole rings is 1. The summed E-state index contributed by atoms with van der Waals surface area (Å²) in [5, 5.41) is 47.3. The fourth-order valence-corrected chi connectivity index (χ4v) is 5.39. The number of carboxylic acid groups (broad SMARTS) is 1. The Morgan fingerprint density at radius 2 is 2.05 bits per heavy atom. The van der Waals surface area contributed by atoms with Crippen LogP contribution in [0, 0.1) is 11.0 Å². The molecule has 0 spiro atoms. The predicted molar refractivity (Wildman–Crippen MR) is 141 cm³/mol. The lowest BCUT2D eigenvalue weighted by Gasteiger charge is -2.20. The van der Waals surface area contributed by atoms with Gasteiger partial charge in [0.2, 0.25) is 11.3 Å². The van der Waals surface area contributed by atoms with E-state index in [-0.39, 0.29) is 50.5 Å². The highest BCUT2D eigenvalue weighted by molar-refractivity contribution is 6.33. The SMILES string of the molecule is O=C(O)Nc1ccc(-c2cnc(C3(O)CCc4cc(-c5c(-n6cnnn6)ccc(Cl)c5F)c[n+]([O-])c43)[nH]2)c(Cl)c1. The number of benzene rings is 2. The van der Waals surface area contributed by atoms with Crippen LogP contribution in [0.2, 0.25) is 10.0 Å². The average Bonchev–Trinajstić information content (AvgIpc) is 3.67. The number of hydrogen-bond acceptors (Lipinski definition) is 7. The highest BCUT2D eigenvalue weighted by Crippen LogP contribution is 2.42. The Morgan fingerprint density at radius 1 is 1.23 bits per heavy atom. The number of imidazole rings is 1. The van der Waals surface area contributed by atoms with E-state index in [1.807, 2.05) is 0 Å². The van der Waals surface area contributed by atoms with Crippen LogP contribution in [-0.2, 0) is 12.0 Å². The number of nitrogens with one attached hydrogen (secondary N) is 2. The zero-order chi connectivity index (χ0) is 28.2. The Labute approximate surface area is 234 Å². The molecule has 202 valence electrons. The fraction of sp³-hybridized carbons (Fsp3) is 0.120. The average molecular weight is 583 g/mol. The number of fused-ring (bicyclic) bond motifs is 1. The summed E-state index contributed by atoms with van der Waals surface area (Å²) in [6.45, 7) is 0. The lowest BCUT2D eigenvalue weighted by molar-refractivity contribution is -0.620. The maximum absolute atomic E-state index is 15.3. The summed E-state index contributed by atoms with van der Waals surface area (Å²) >= 11 is 12.4. The molecule has 1 aliphatic carbocycles. The molecule has 4 N–H and O–H groups in total. The number of aliphatic hydroxyl groups is 1. The Morgan fingerprint density at radius 3 is 2.77 bits per heavy atom. The van der Waals surface area contributed by atoms with Crippen molar-refractivity contribution in [2.24, 2.45) is 0 Å². The number of aromatic amines is 1. The Hall–Kier alpha value is -4.59. The van der Waals surface area contributed by atoms with Crippen molar-refractivity contribution < 1.29 is 24.1 Å². The van der Waals surface area contributed by atoms with Crippen molar-refractivity contribution in [1.29, 1.82) is 0 Å². The Bertz CT molecular complexity index is 1800. The van der Waals surface area contributed by atoms with Gasteiger partial charge in [-0.1, -0.05) is 23.2 Å². The first-order valence-corrected chi connectivity index (χ1v) is 12.5. The van der Waals surface area contributed by atoms with E-state index in [0.29, 0.717) is 28.0 Å². The van der Waals surface area contributed by atoms with Gasteiger partial charge < -0.3 is 20.4 Å². The Kier molecular flexibility index (Phi) is 6.13. The smallest absolute Gasteiger partial charge is 0.409 e. The van der Waals surface area contributed by atoms with Crippen LogP contribution in [0.1, 0.15) is 23.5 Å². The van der Waals surface area contributed by atoms with E-state index >= 15 is 4.39 Å². The van der Waals surface area contributed by atoms with Crippen molar-refractivity contribution in [1.82, 2.24) is 30.2 Å². The number of halogens is 3. The molecule has 0 saturated heterocycles. The summed E-state index contributed by atoms with van der Waals surface area (Å²) < 4.78 is 17.1. The third-order valence-corrected chi connectivity index (χ3v) is 7.30. The van der Waals surface area contributed by atoms with Gasteiger partial charge in [0.05, 0.1) is 38.8 Å². The quantitative estimate of drug-likeness (QED) is 0.177. The topological polar surface area (TPSA) is 169 Å². The van der Waals surface area contributed by atoms with Crippen molar-refractivity contribution in [2.45, 2.75) is 18.4 Å². The molecule has 0 radical (unpaired) electrons. The number of nitrogens with zero attached hydrogens (tertiary/aromatic N) is 6. The molecule has 5 aromatic rings. The molecule has 40 heavy (non-hydrogen) atoms. The van der Waals surface area contributed by atoms with Gasteiger partial charge in [-0.15, -0.1) is 5.10 Å². The second kappa shape index (κ2) is 9.55. The van der Waals surface area contributed by atoms with Crippen LogP contribution in [-0.4, -0.2) is 46.5 Å². The largest absolute Gasteiger partial charge is 0.618 e. The molecular weight excluding hydrogens is 566 g/mol. The highest BCUT2D eigenvalue weighted by Gasteiger charge is 2.48. The molecule has 2 aromatic carbocycles. The number of aromatic nitrogens is 7. The number of hydrogen-bond donors (Lipinski definition) is 4. The van der Waals surface area contributed by atoms with Crippen LogP contribution in [0.15, 0.2) is 55.1 Å². The lowest BCUT2D eigenvalue weighted by Crippen LogP contribution is -2.42. The summed E-state index contributed by atoms with van der Waals surface area (Å²) in [5.74, 6) is -0.634. The molecule has 1 unspecified atom stereocenters. The molecule has 3 aromatic heterocycles. The number of rotatable bonds is 5. The molecule has 0 aliphatic heterocycles. The first-order valence-electron chi connectivity index (χ1n) is 11.7. The van der Waals surface area contributed by atoms with E-state index in [2.05, 4.69) is 30.8 Å². The highest BCUT2D eigenvalue weighted by atomic mass is 35.5. The maximum atomic E-state index is 15.3. The lowest BCUT2D eigenvalue weighted by atomic mass is 9.98. The third-order valence-electron chi connectivity index (χ3n) is 6.69. The summed E-state index contributed by atoms with van der Waals surface area (Å²) in [7, 11) is 0. The number of aryl methyl sites for hydroxylation is 1. The molecule has 3 heterocycles. The minimum absolute atomic E-state index is 0.0263. The van der Waals surface area contributed by atoms with Crippen LogP contribution in [0.4, 0.5) is 14.9 Å². The van der Waals surface area contributed by atoms with Gasteiger partial charge >= 0.3 is 6.09 Å². The van der Waals surface area contributed by atoms with Crippen LogP contribution in [0.25, 0.3) is 28.1 Å². The van der Waals surface area contributed by atoms with Crippen LogP contribution >= 0.6 is 23.2 Å². The number of H-pyrrole nitrogens is 1. The van der Waals surface area contributed by atoms with Gasteiger partial charge in [-0.3, -0.25) is 5.32 Å². The van der Waals surface area contributed by atoms with Gasteiger partial charge in [-0.2, -0.15) is 9.41 Å². The van der Waals surface area contributed by atoms with Gasteiger partial charge in [0.1, 0.15) is 12.2 Å². The molecule has 0 fully saturated rings. The fourth-order valence-electron chi connectivity index (χ4n) is 4.95. The number of carbonyl (C=O) groups is 1. The van der Waals surface area contributed by atoms with Gasteiger partial charge in [0.25, 0.3) is 0 Å². The first kappa shape index (κ1) is 25.7. The molecule has 6 rings (SSSR count). The van der Waals surface area contributed by atoms with E-state index in [1.165, 1.54) is 41.5 Å². The molecule has 1 aliphatic rings. The number of anilines is 1. The first-order chi connectivity index (χ1) is 19.2. The van der Waals surface area contributed by atoms with E-state index in [9.17, 15) is 15.1 Å². The molecule has 12 nitrogen and oxygen atoms in total. The standard InChI is InChI=1S/C25H17Cl2FN8O4/c26-16-3-4-19(35-11-30-33-34-35)20(21(16)28)13-7-12-5-6-25(39,22(12)36(40)10-13)23-29-9-18(32-23)15-2-1-14(8-17(15)27)31-24(37)38/h1-4,7-11,31,39H,5-6H2,(H,29,32)(H,37,38). The second-order valence-electron chi connectivity index (χ2n) is 9.07. The van der Waals surface area contributed by atoms with Crippen molar-refractivity contribution >= 4 is 35.0 Å². The van der Waals surface area contributed by atoms with Crippen molar-refractivity contribution in [3.05, 3.63) is 93.3 Å². The molecule has 0 bridgehead atoms. The van der Waals surface area contributed by atoms with Gasteiger partial charge in [0, 0.05) is 16.8 Å². The van der Waals surface area contributed by atoms with Gasteiger partial charge in [-0.05, 0) is 59.7 Å². The molecule has 1 atom stereocenters. The summed E-state index contributed by atoms with van der Waals surface area (Å²) in [4.78, 5) is 18.3. The monoisotopic (exact) mass is 582 g/mol. The van der Waals surface area contributed by atoms with E-state index in [4.69, 9.17) is 28.3 Å². The van der Waals surface area contributed by atoms with E-state index < -0.39 is 17.5 Å². The Balaban J connectivity index is 1.39. The summed E-state index contributed by atoms with van der Waals surface area (Å²) in [5.41, 5.74) is 0.553. The van der Waals surface area contributed by atoms with Gasteiger partial charge in [0.15, 0.2) is 12.0 Å². The van der Waals surface area contributed by atoms with E-state index in [0.717, 1.165) is 6.20 Å². The zero-order valence-electron chi connectivity index (χ0n) is 20.1. The van der Waals surface area contributed by atoms with Gasteiger partial charge in [-0.25, -0.2) is 14.2 Å². The molecule has 0 saturated carbocycles. The van der Waals surface area contributed by atoms with Crippen molar-refractivity contribution in [3.8, 4) is 28.1 Å². The summed E-state index contributed by atoms with van der Waals surface area (Å²) in [6, 6.07) is 9.10. The molecule has 15 heteroatoms.